The Hall–Kier alpha value is -1.23. The number of thioether (sulfide) groups is 1. The van der Waals surface area contributed by atoms with Crippen LogP contribution in [0.4, 0.5) is 5.82 Å². The molecule has 0 amide bonds. The van der Waals surface area contributed by atoms with Crippen LogP contribution in [0.5, 0.6) is 0 Å². The van der Waals surface area contributed by atoms with Gasteiger partial charge in [0.15, 0.2) is 0 Å². The number of hydrogen-bond donors (Lipinski definition) is 2. The van der Waals surface area contributed by atoms with Gasteiger partial charge in [-0.15, -0.1) is 0 Å². The summed E-state index contributed by atoms with van der Waals surface area (Å²) in [6, 6.07) is 3.70. The molecule has 110 valence electrons. The minimum Gasteiger partial charge on any atom is -0.478 e. The lowest BCUT2D eigenvalue weighted by Gasteiger charge is -2.29. The third kappa shape index (κ3) is 3.88. The van der Waals surface area contributed by atoms with E-state index in [1.165, 1.54) is 12.8 Å². The molecule has 1 fully saturated rings. The van der Waals surface area contributed by atoms with Gasteiger partial charge in [-0.1, -0.05) is 13.3 Å². The second-order valence-electron chi connectivity index (χ2n) is 5.26. The number of carboxylic acids is 1. The van der Waals surface area contributed by atoms with Crippen LogP contribution in [-0.4, -0.2) is 33.6 Å². The van der Waals surface area contributed by atoms with Gasteiger partial charge >= 0.3 is 5.97 Å². The fourth-order valence-electron chi connectivity index (χ4n) is 2.67. The number of nitrogens with one attached hydrogen (secondary N) is 1. The maximum absolute atomic E-state index is 11.2. The summed E-state index contributed by atoms with van der Waals surface area (Å²) < 4.78 is 0. The Bertz CT molecular complexity index is 479. The molecule has 4 nitrogen and oxygen atoms in total. The third-order valence-corrected chi connectivity index (χ3v) is 4.89. The molecule has 0 aliphatic heterocycles. The molecule has 0 saturated heterocycles. The molecule has 0 bridgehead atoms. The van der Waals surface area contributed by atoms with Crippen molar-refractivity contribution in [3.63, 3.8) is 0 Å². The monoisotopic (exact) mass is 294 g/mol. The number of rotatable bonds is 5. The van der Waals surface area contributed by atoms with Crippen LogP contribution in [-0.2, 0) is 6.42 Å². The molecule has 1 aromatic heterocycles. The van der Waals surface area contributed by atoms with E-state index in [1.54, 1.807) is 12.1 Å². The highest BCUT2D eigenvalue weighted by Crippen LogP contribution is 2.28. The van der Waals surface area contributed by atoms with Crippen molar-refractivity contribution in [1.29, 1.82) is 0 Å². The molecule has 5 heteroatoms. The van der Waals surface area contributed by atoms with Crippen molar-refractivity contribution in [2.24, 2.45) is 0 Å². The van der Waals surface area contributed by atoms with Crippen LogP contribution in [0.25, 0.3) is 0 Å². The minimum absolute atomic E-state index is 0.316. The summed E-state index contributed by atoms with van der Waals surface area (Å²) >= 11 is 1.92. The number of aryl methyl sites for hydroxylation is 1. The standard InChI is InChI=1S/C15H22N2O2S/c1-3-11-7-10(15(18)19)8-14(16-11)17-12-5-4-6-13(9-12)20-2/h7-8,12-13H,3-6,9H2,1-2H3,(H,16,17)(H,18,19). The number of nitrogens with zero attached hydrogens (tertiary/aromatic N) is 1. The van der Waals surface area contributed by atoms with E-state index >= 15 is 0 Å². The molecule has 0 radical (unpaired) electrons. The molecule has 1 heterocycles. The van der Waals surface area contributed by atoms with E-state index in [0.29, 0.717) is 22.7 Å². The number of carbonyl (C=O) groups is 1. The van der Waals surface area contributed by atoms with Crippen molar-refractivity contribution >= 4 is 23.5 Å². The van der Waals surface area contributed by atoms with Gasteiger partial charge in [0.1, 0.15) is 5.82 Å². The predicted octanol–water partition coefficient (Wildman–Crippen LogP) is 3.43. The van der Waals surface area contributed by atoms with Crippen LogP contribution in [0, 0.1) is 0 Å². The van der Waals surface area contributed by atoms with E-state index < -0.39 is 5.97 Å². The van der Waals surface area contributed by atoms with E-state index in [9.17, 15) is 4.79 Å². The van der Waals surface area contributed by atoms with E-state index in [0.717, 1.165) is 25.0 Å². The van der Waals surface area contributed by atoms with Crippen LogP contribution in [0.1, 0.15) is 48.7 Å². The minimum atomic E-state index is -0.893. The summed E-state index contributed by atoms with van der Waals surface area (Å²) in [5.74, 6) is -0.190. The zero-order chi connectivity index (χ0) is 14.5. The molecule has 1 saturated carbocycles. The first kappa shape index (κ1) is 15.2. The van der Waals surface area contributed by atoms with Crippen molar-refractivity contribution in [3.8, 4) is 0 Å². The molecule has 1 aliphatic carbocycles. The highest BCUT2D eigenvalue weighted by atomic mass is 32.2. The van der Waals surface area contributed by atoms with Gasteiger partial charge in [-0.3, -0.25) is 0 Å². The van der Waals surface area contributed by atoms with E-state index in [-0.39, 0.29) is 0 Å². The summed E-state index contributed by atoms with van der Waals surface area (Å²) in [7, 11) is 0. The molecule has 0 spiro atoms. The molecule has 1 aromatic rings. The van der Waals surface area contributed by atoms with Gasteiger partial charge in [0.25, 0.3) is 0 Å². The van der Waals surface area contributed by atoms with E-state index in [2.05, 4.69) is 16.6 Å². The Morgan fingerprint density at radius 3 is 2.95 bits per heavy atom. The molecular weight excluding hydrogens is 272 g/mol. The van der Waals surface area contributed by atoms with Crippen LogP contribution in [0.15, 0.2) is 12.1 Å². The van der Waals surface area contributed by atoms with Crippen molar-refractivity contribution in [3.05, 3.63) is 23.4 Å². The number of hydrogen-bond acceptors (Lipinski definition) is 4. The van der Waals surface area contributed by atoms with Crippen molar-refractivity contribution < 1.29 is 9.90 Å². The van der Waals surface area contributed by atoms with E-state index in [1.807, 2.05) is 18.7 Å². The molecular formula is C15H22N2O2S. The first-order chi connectivity index (χ1) is 9.62. The van der Waals surface area contributed by atoms with Crippen LogP contribution in [0.2, 0.25) is 0 Å². The van der Waals surface area contributed by atoms with Crippen LogP contribution < -0.4 is 5.32 Å². The summed E-state index contributed by atoms with van der Waals surface area (Å²) in [5.41, 5.74) is 1.14. The summed E-state index contributed by atoms with van der Waals surface area (Å²) in [6.45, 7) is 1.99. The Morgan fingerprint density at radius 1 is 1.50 bits per heavy atom. The third-order valence-electron chi connectivity index (χ3n) is 3.80. The van der Waals surface area contributed by atoms with Crippen molar-refractivity contribution in [1.82, 2.24) is 4.98 Å². The lowest BCUT2D eigenvalue weighted by molar-refractivity contribution is 0.0696. The molecule has 20 heavy (non-hydrogen) atoms. The molecule has 1 aliphatic rings. The number of pyridine rings is 1. The van der Waals surface area contributed by atoms with Gasteiger partial charge in [-0.25, -0.2) is 9.78 Å². The van der Waals surface area contributed by atoms with Crippen LogP contribution in [0.3, 0.4) is 0 Å². The molecule has 0 aromatic carbocycles. The quantitative estimate of drug-likeness (QED) is 0.871. The summed E-state index contributed by atoms with van der Waals surface area (Å²) in [5, 5.41) is 13.3. The Balaban J connectivity index is 2.11. The highest BCUT2D eigenvalue weighted by molar-refractivity contribution is 7.99. The molecule has 2 rings (SSSR count). The van der Waals surface area contributed by atoms with Crippen LogP contribution >= 0.6 is 11.8 Å². The summed E-state index contributed by atoms with van der Waals surface area (Å²) in [6.07, 6.45) is 7.67. The first-order valence-corrected chi connectivity index (χ1v) is 8.44. The number of carboxylic acid groups (broad SMARTS) is 1. The van der Waals surface area contributed by atoms with E-state index in [4.69, 9.17) is 5.11 Å². The second kappa shape index (κ2) is 6.97. The fourth-order valence-corrected chi connectivity index (χ4v) is 3.49. The van der Waals surface area contributed by atoms with Gasteiger partial charge in [0, 0.05) is 17.0 Å². The largest absolute Gasteiger partial charge is 0.478 e. The number of aromatic nitrogens is 1. The predicted molar refractivity (Wildman–Crippen MR) is 83.8 cm³/mol. The second-order valence-corrected chi connectivity index (χ2v) is 6.39. The Morgan fingerprint density at radius 2 is 2.30 bits per heavy atom. The van der Waals surface area contributed by atoms with Gasteiger partial charge < -0.3 is 10.4 Å². The van der Waals surface area contributed by atoms with Gasteiger partial charge in [0.05, 0.1) is 5.56 Å². The molecule has 2 atom stereocenters. The number of aromatic carboxylic acids is 1. The van der Waals surface area contributed by atoms with Gasteiger partial charge in [0.2, 0.25) is 0 Å². The van der Waals surface area contributed by atoms with Crippen molar-refractivity contribution in [2.45, 2.75) is 50.3 Å². The van der Waals surface area contributed by atoms with Crippen molar-refractivity contribution in [2.75, 3.05) is 11.6 Å². The molecule has 2 unspecified atom stereocenters. The Kier molecular flexibility index (Phi) is 5.29. The zero-order valence-electron chi connectivity index (χ0n) is 12.1. The number of anilines is 1. The zero-order valence-corrected chi connectivity index (χ0v) is 12.9. The average Bonchev–Trinajstić information content (AvgIpc) is 2.47. The molecule has 2 N–H and O–H groups in total. The topological polar surface area (TPSA) is 62.2 Å². The highest BCUT2D eigenvalue weighted by Gasteiger charge is 2.21. The smallest absolute Gasteiger partial charge is 0.335 e. The maximum Gasteiger partial charge on any atom is 0.335 e. The van der Waals surface area contributed by atoms with Gasteiger partial charge in [-0.2, -0.15) is 11.8 Å². The SMILES string of the molecule is CCc1cc(C(=O)O)cc(NC2CCCC(SC)C2)n1. The first-order valence-electron chi connectivity index (χ1n) is 7.16. The maximum atomic E-state index is 11.2. The lowest BCUT2D eigenvalue weighted by atomic mass is 9.95. The Labute approximate surface area is 124 Å². The lowest BCUT2D eigenvalue weighted by Crippen LogP contribution is -2.29. The fraction of sp³-hybridized carbons (Fsp3) is 0.600. The average molecular weight is 294 g/mol. The normalized spacial score (nSPS) is 22.5. The van der Waals surface area contributed by atoms with Gasteiger partial charge in [-0.05, 0) is 44.1 Å². The summed E-state index contributed by atoms with van der Waals surface area (Å²) in [4.78, 5) is 15.7.